The van der Waals surface area contributed by atoms with Crippen LogP contribution in [-0.4, -0.2) is 30.7 Å². The van der Waals surface area contributed by atoms with Crippen LogP contribution in [0.5, 0.6) is 0 Å². The van der Waals surface area contributed by atoms with Crippen molar-refractivity contribution in [2.24, 2.45) is 17.6 Å². The molecule has 0 saturated heterocycles. The normalized spacial score (nSPS) is 12.9. The molecule has 4 heteroatoms. The minimum Gasteiger partial charge on any atom is -0.396 e. The monoisotopic (exact) mass is 216 g/mol. The molecule has 0 bridgehead atoms. The van der Waals surface area contributed by atoms with Crippen molar-refractivity contribution in [1.29, 1.82) is 0 Å². The number of carbonyl (C=O) groups excluding carboxylic acids is 1. The lowest BCUT2D eigenvalue weighted by Gasteiger charge is -2.16. The second kappa shape index (κ2) is 8.68. The molecule has 0 radical (unpaired) electrons. The van der Waals surface area contributed by atoms with Crippen LogP contribution in [0.2, 0.25) is 0 Å². The van der Waals surface area contributed by atoms with Gasteiger partial charge in [0.05, 0.1) is 5.92 Å². The Hall–Kier alpha value is -0.610. The molecule has 1 atom stereocenters. The summed E-state index contributed by atoms with van der Waals surface area (Å²) in [6.07, 6.45) is 2.39. The molecular formula is C11H24N2O2. The first kappa shape index (κ1) is 14.4. The highest BCUT2D eigenvalue weighted by atomic mass is 16.2. The number of aliphatic hydroxyl groups excluding tert-OH is 1. The van der Waals surface area contributed by atoms with Crippen molar-refractivity contribution >= 4 is 5.91 Å². The molecule has 0 aromatic heterocycles. The Morgan fingerprint density at radius 1 is 1.40 bits per heavy atom. The van der Waals surface area contributed by atoms with E-state index in [4.69, 9.17) is 10.8 Å². The summed E-state index contributed by atoms with van der Waals surface area (Å²) in [5.74, 6) is 0.463. The standard InChI is InChI=1S/C11H24N2O2/c1-9(2)7-10(8-12)11(15)13-5-3-4-6-14/h9-10,14H,3-8,12H2,1-2H3,(H,13,15). The topological polar surface area (TPSA) is 75.4 Å². The molecule has 15 heavy (non-hydrogen) atoms. The van der Waals surface area contributed by atoms with Gasteiger partial charge in [-0.15, -0.1) is 0 Å². The van der Waals surface area contributed by atoms with E-state index >= 15 is 0 Å². The summed E-state index contributed by atoms with van der Waals surface area (Å²) >= 11 is 0. The Balaban J connectivity index is 3.73. The van der Waals surface area contributed by atoms with Gasteiger partial charge in [-0.25, -0.2) is 0 Å². The fourth-order valence-corrected chi connectivity index (χ4v) is 1.47. The van der Waals surface area contributed by atoms with E-state index in [0.717, 1.165) is 19.3 Å². The first-order valence-electron chi connectivity index (χ1n) is 5.70. The highest BCUT2D eigenvalue weighted by molar-refractivity contribution is 5.78. The minimum atomic E-state index is -0.0703. The maximum Gasteiger partial charge on any atom is 0.224 e. The van der Waals surface area contributed by atoms with Crippen LogP contribution >= 0.6 is 0 Å². The molecule has 0 saturated carbocycles. The van der Waals surface area contributed by atoms with Gasteiger partial charge in [0, 0.05) is 19.7 Å². The third kappa shape index (κ3) is 7.33. The van der Waals surface area contributed by atoms with Gasteiger partial charge in [0.1, 0.15) is 0 Å². The maximum absolute atomic E-state index is 11.6. The fourth-order valence-electron chi connectivity index (χ4n) is 1.47. The zero-order valence-electron chi connectivity index (χ0n) is 9.83. The molecule has 0 rings (SSSR count). The Labute approximate surface area is 92.2 Å². The van der Waals surface area contributed by atoms with Gasteiger partial charge in [-0.1, -0.05) is 13.8 Å². The fraction of sp³-hybridized carbons (Fsp3) is 0.909. The van der Waals surface area contributed by atoms with Crippen molar-refractivity contribution in [3.05, 3.63) is 0 Å². The number of rotatable bonds is 8. The Morgan fingerprint density at radius 2 is 2.07 bits per heavy atom. The lowest BCUT2D eigenvalue weighted by molar-refractivity contribution is -0.125. The van der Waals surface area contributed by atoms with Crippen LogP contribution in [-0.2, 0) is 4.79 Å². The molecule has 0 aromatic rings. The first-order valence-corrected chi connectivity index (χ1v) is 5.70. The van der Waals surface area contributed by atoms with Crippen molar-refractivity contribution < 1.29 is 9.90 Å². The maximum atomic E-state index is 11.6. The number of unbranched alkanes of at least 4 members (excludes halogenated alkanes) is 1. The molecule has 0 aliphatic rings. The van der Waals surface area contributed by atoms with E-state index in [1.54, 1.807) is 0 Å². The summed E-state index contributed by atoms with van der Waals surface area (Å²) in [4.78, 5) is 11.6. The van der Waals surface area contributed by atoms with Gasteiger partial charge < -0.3 is 16.2 Å². The van der Waals surface area contributed by atoms with Crippen LogP contribution in [0, 0.1) is 11.8 Å². The third-order valence-corrected chi connectivity index (χ3v) is 2.30. The summed E-state index contributed by atoms with van der Waals surface area (Å²) in [5.41, 5.74) is 5.55. The Morgan fingerprint density at radius 3 is 2.53 bits per heavy atom. The van der Waals surface area contributed by atoms with Crippen molar-refractivity contribution in [2.45, 2.75) is 33.1 Å². The van der Waals surface area contributed by atoms with E-state index in [1.165, 1.54) is 0 Å². The number of carbonyl (C=O) groups is 1. The molecule has 0 spiro atoms. The summed E-state index contributed by atoms with van der Waals surface area (Å²) in [6.45, 7) is 5.39. The molecule has 1 amide bonds. The number of hydrogen-bond donors (Lipinski definition) is 3. The number of hydrogen-bond acceptors (Lipinski definition) is 3. The van der Waals surface area contributed by atoms with Crippen LogP contribution in [0.25, 0.3) is 0 Å². The predicted octanol–water partition coefficient (Wildman–Crippen LogP) is 0.496. The first-order chi connectivity index (χ1) is 7.11. The van der Waals surface area contributed by atoms with Gasteiger partial charge >= 0.3 is 0 Å². The molecular weight excluding hydrogens is 192 g/mol. The zero-order chi connectivity index (χ0) is 11.7. The molecule has 0 aliphatic heterocycles. The van der Waals surface area contributed by atoms with E-state index in [9.17, 15) is 4.79 Å². The Kier molecular flexibility index (Phi) is 8.33. The van der Waals surface area contributed by atoms with Crippen molar-refractivity contribution in [1.82, 2.24) is 5.32 Å². The number of nitrogens with one attached hydrogen (secondary N) is 1. The van der Waals surface area contributed by atoms with E-state index in [2.05, 4.69) is 19.2 Å². The smallest absolute Gasteiger partial charge is 0.224 e. The largest absolute Gasteiger partial charge is 0.396 e. The van der Waals surface area contributed by atoms with Crippen LogP contribution in [0.15, 0.2) is 0 Å². The second-order valence-electron chi connectivity index (χ2n) is 4.28. The lowest BCUT2D eigenvalue weighted by atomic mass is 9.96. The van der Waals surface area contributed by atoms with Crippen LogP contribution in [0.4, 0.5) is 0 Å². The van der Waals surface area contributed by atoms with E-state index in [0.29, 0.717) is 19.0 Å². The van der Waals surface area contributed by atoms with Gasteiger partial charge in [-0.05, 0) is 25.2 Å². The molecule has 0 aromatic carbocycles. The zero-order valence-corrected chi connectivity index (χ0v) is 9.83. The van der Waals surface area contributed by atoms with Gasteiger partial charge in [0.2, 0.25) is 5.91 Å². The van der Waals surface area contributed by atoms with Gasteiger partial charge in [0.25, 0.3) is 0 Å². The summed E-state index contributed by atoms with van der Waals surface area (Å²) < 4.78 is 0. The van der Waals surface area contributed by atoms with Crippen molar-refractivity contribution in [3.63, 3.8) is 0 Å². The molecule has 4 N–H and O–H groups in total. The quantitative estimate of drug-likeness (QED) is 0.517. The SMILES string of the molecule is CC(C)CC(CN)C(=O)NCCCCO. The molecule has 90 valence electrons. The van der Waals surface area contributed by atoms with Crippen LogP contribution in [0.1, 0.15) is 33.1 Å². The molecule has 0 heterocycles. The summed E-state index contributed by atoms with van der Waals surface area (Å²) in [5, 5.41) is 11.4. The van der Waals surface area contributed by atoms with Crippen molar-refractivity contribution in [2.75, 3.05) is 19.7 Å². The minimum absolute atomic E-state index is 0.0455. The predicted molar refractivity (Wildman–Crippen MR) is 61.3 cm³/mol. The third-order valence-electron chi connectivity index (χ3n) is 2.30. The van der Waals surface area contributed by atoms with Gasteiger partial charge in [0.15, 0.2) is 0 Å². The number of nitrogens with two attached hydrogens (primary N) is 1. The highest BCUT2D eigenvalue weighted by Crippen LogP contribution is 2.10. The van der Waals surface area contributed by atoms with Crippen molar-refractivity contribution in [3.8, 4) is 0 Å². The Bertz CT molecular complexity index is 172. The van der Waals surface area contributed by atoms with Crippen LogP contribution in [0.3, 0.4) is 0 Å². The summed E-state index contributed by atoms with van der Waals surface area (Å²) in [6, 6.07) is 0. The molecule has 4 nitrogen and oxygen atoms in total. The molecule has 1 unspecified atom stereocenters. The van der Waals surface area contributed by atoms with Gasteiger partial charge in [-0.2, -0.15) is 0 Å². The van der Waals surface area contributed by atoms with Crippen LogP contribution < -0.4 is 11.1 Å². The van der Waals surface area contributed by atoms with E-state index in [1.807, 2.05) is 0 Å². The average molecular weight is 216 g/mol. The summed E-state index contributed by atoms with van der Waals surface area (Å²) in [7, 11) is 0. The molecule has 0 aliphatic carbocycles. The molecule has 0 fully saturated rings. The van der Waals surface area contributed by atoms with E-state index < -0.39 is 0 Å². The lowest BCUT2D eigenvalue weighted by Crippen LogP contribution is -2.36. The van der Waals surface area contributed by atoms with Gasteiger partial charge in [-0.3, -0.25) is 4.79 Å². The van der Waals surface area contributed by atoms with E-state index in [-0.39, 0.29) is 18.4 Å². The second-order valence-corrected chi connectivity index (χ2v) is 4.28. The average Bonchev–Trinajstić information content (AvgIpc) is 2.20. The highest BCUT2D eigenvalue weighted by Gasteiger charge is 2.17. The number of aliphatic hydroxyl groups is 1. The number of amides is 1.